The van der Waals surface area contributed by atoms with Crippen LogP contribution in [0.3, 0.4) is 0 Å². The van der Waals surface area contributed by atoms with Gasteiger partial charge in [-0.1, -0.05) is 57.5 Å². The van der Waals surface area contributed by atoms with Crippen LogP contribution in [-0.2, 0) is 6.54 Å². The number of rotatable bonds is 5. The van der Waals surface area contributed by atoms with Crippen molar-refractivity contribution in [2.24, 2.45) is 11.3 Å². The predicted molar refractivity (Wildman–Crippen MR) is 89.1 cm³/mol. The minimum Gasteiger partial charge on any atom is -0.393 e. The van der Waals surface area contributed by atoms with Crippen molar-refractivity contribution in [1.82, 2.24) is 4.90 Å². The molecule has 118 valence electrons. The molecule has 2 heteroatoms. The molecule has 0 aromatic heterocycles. The van der Waals surface area contributed by atoms with Crippen LogP contribution in [0.5, 0.6) is 0 Å². The lowest BCUT2D eigenvalue weighted by Gasteiger charge is -2.47. The van der Waals surface area contributed by atoms with Crippen molar-refractivity contribution >= 4 is 0 Å². The first-order valence-electron chi connectivity index (χ1n) is 8.36. The van der Waals surface area contributed by atoms with Crippen molar-refractivity contribution in [3.63, 3.8) is 0 Å². The highest BCUT2D eigenvalue weighted by Gasteiger charge is 2.40. The van der Waals surface area contributed by atoms with E-state index in [-0.39, 0.29) is 6.10 Å². The summed E-state index contributed by atoms with van der Waals surface area (Å²) in [5.41, 5.74) is 1.70. The maximum Gasteiger partial charge on any atom is 0.0555 e. The van der Waals surface area contributed by atoms with Crippen molar-refractivity contribution in [1.29, 1.82) is 0 Å². The Labute approximate surface area is 130 Å². The Balaban J connectivity index is 2.12. The van der Waals surface area contributed by atoms with Gasteiger partial charge in [0.15, 0.2) is 0 Å². The van der Waals surface area contributed by atoms with Crippen LogP contribution >= 0.6 is 0 Å². The second-order valence-corrected chi connectivity index (χ2v) is 7.38. The number of benzene rings is 1. The monoisotopic (exact) mass is 289 g/mol. The van der Waals surface area contributed by atoms with E-state index >= 15 is 0 Å². The van der Waals surface area contributed by atoms with E-state index in [1.54, 1.807) is 0 Å². The van der Waals surface area contributed by atoms with Gasteiger partial charge in [-0.05, 0) is 43.2 Å². The first-order valence-corrected chi connectivity index (χ1v) is 8.36. The Morgan fingerprint density at radius 3 is 2.48 bits per heavy atom. The average Bonchev–Trinajstić information content (AvgIpc) is 2.48. The maximum atomic E-state index is 10.1. The first kappa shape index (κ1) is 16.5. The minimum absolute atomic E-state index is 0.128. The summed E-state index contributed by atoms with van der Waals surface area (Å²) in [5, 5.41) is 10.1. The Kier molecular flexibility index (Phi) is 5.45. The highest BCUT2D eigenvalue weighted by molar-refractivity contribution is 5.14. The molecule has 21 heavy (non-hydrogen) atoms. The molecule has 0 saturated heterocycles. The fourth-order valence-corrected chi connectivity index (χ4v) is 3.77. The fraction of sp³-hybridized carbons (Fsp3) is 0.684. The van der Waals surface area contributed by atoms with Crippen LogP contribution in [0.2, 0.25) is 0 Å². The van der Waals surface area contributed by atoms with E-state index < -0.39 is 0 Å². The number of aliphatic hydroxyl groups is 1. The molecule has 0 spiro atoms. The SMILES string of the molecule is CCC(C)(C)C1CCC(O)CC1N(C)Cc1ccccc1. The molecule has 0 amide bonds. The Morgan fingerprint density at radius 2 is 1.86 bits per heavy atom. The quantitative estimate of drug-likeness (QED) is 0.882. The standard InChI is InChI=1S/C19H31NO/c1-5-19(2,3)17-12-11-16(21)13-18(17)20(4)14-15-9-7-6-8-10-15/h6-10,16-18,21H,5,11-14H2,1-4H3. The summed E-state index contributed by atoms with van der Waals surface area (Å²) < 4.78 is 0. The van der Waals surface area contributed by atoms with Gasteiger partial charge in [0.05, 0.1) is 6.10 Å². The molecule has 1 aromatic rings. The lowest BCUT2D eigenvalue weighted by atomic mass is 9.66. The fourth-order valence-electron chi connectivity index (χ4n) is 3.77. The largest absolute Gasteiger partial charge is 0.393 e. The van der Waals surface area contributed by atoms with Gasteiger partial charge in [0, 0.05) is 12.6 Å². The van der Waals surface area contributed by atoms with Crippen molar-refractivity contribution in [2.75, 3.05) is 7.05 Å². The molecule has 0 bridgehead atoms. The van der Waals surface area contributed by atoms with Gasteiger partial charge in [0.2, 0.25) is 0 Å². The van der Waals surface area contributed by atoms with Gasteiger partial charge in [0.25, 0.3) is 0 Å². The molecule has 1 saturated carbocycles. The van der Waals surface area contributed by atoms with Crippen molar-refractivity contribution in [2.45, 2.75) is 65.1 Å². The van der Waals surface area contributed by atoms with Gasteiger partial charge in [-0.15, -0.1) is 0 Å². The first-order chi connectivity index (χ1) is 9.94. The molecule has 3 atom stereocenters. The molecule has 2 nitrogen and oxygen atoms in total. The number of hydrogen-bond donors (Lipinski definition) is 1. The zero-order chi connectivity index (χ0) is 15.5. The highest BCUT2D eigenvalue weighted by atomic mass is 16.3. The second-order valence-electron chi connectivity index (χ2n) is 7.38. The van der Waals surface area contributed by atoms with E-state index in [1.807, 2.05) is 0 Å². The van der Waals surface area contributed by atoms with E-state index in [0.717, 1.165) is 25.8 Å². The van der Waals surface area contributed by atoms with Gasteiger partial charge in [-0.3, -0.25) is 4.90 Å². The van der Waals surface area contributed by atoms with Crippen molar-refractivity contribution in [3.8, 4) is 0 Å². The Bertz CT molecular complexity index is 428. The van der Waals surface area contributed by atoms with E-state index in [0.29, 0.717) is 17.4 Å². The lowest BCUT2D eigenvalue weighted by Crippen LogP contribution is -2.48. The van der Waals surface area contributed by atoms with Crippen molar-refractivity contribution in [3.05, 3.63) is 35.9 Å². The van der Waals surface area contributed by atoms with Gasteiger partial charge >= 0.3 is 0 Å². The summed E-state index contributed by atoms with van der Waals surface area (Å²) in [6, 6.07) is 11.1. The molecule has 1 aliphatic carbocycles. The van der Waals surface area contributed by atoms with E-state index in [1.165, 1.54) is 12.0 Å². The molecular formula is C19H31NO. The van der Waals surface area contributed by atoms with Crippen LogP contribution in [-0.4, -0.2) is 29.2 Å². The lowest BCUT2D eigenvalue weighted by molar-refractivity contribution is -0.0118. The summed E-state index contributed by atoms with van der Waals surface area (Å²) in [7, 11) is 2.22. The topological polar surface area (TPSA) is 23.5 Å². The summed E-state index contributed by atoms with van der Waals surface area (Å²) in [5.74, 6) is 0.666. The zero-order valence-corrected chi connectivity index (χ0v) is 14.0. The van der Waals surface area contributed by atoms with Crippen LogP contribution in [0.4, 0.5) is 0 Å². The van der Waals surface area contributed by atoms with E-state index in [4.69, 9.17) is 0 Å². The normalized spacial score (nSPS) is 27.0. The van der Waals surface area contributed by atoms with Gasteiger partial charge < -0.3 is 5.11 Å². The molecular weight excluding hydrogens is 258 g/mol. The number of aliphatic hydroxyl groups excluding tert-OH is 1. The van der Waals surface area contributed by atoms with Crippen molar-refractivity contribution < 1.29 is 5.11 Å². The van der Waals surface area contributed by atoms with Crippen LogP contribution in [0.1, 0.15) is 52.0 Å². The number of nitrogens with zero attached hydrogens (tertiary/aromatic N) is 1. The summed E-state index contributed by atoms with van der Waals surface area (Å²) in [4.78, 5) is 2.46. The highest BCUT2D eigenvalue weighted by Crippen LogP contribution is 2.42. The molecule has 0 heterocycles. The average molecular weight is 289 g/mol. The minimum atomic E-state index is -0.128. The smallest absolute Gasteiger partial charge is 0.0555 e. The van der Waals surface area contributed by atoms with Gasteiger partial charge in [0.1, 0.15) is 0 Å². The molecule has 1 N–H and O–H groups in total. The third-order valence-corrected chi connectivity index (χ3v) is 5.54. The molecule has 3 unspecified atom stereocenters. The van der Waals surface area contributed by atoms with Crippen LogP contribution in [0, 0.1) is 11.3 Å². The Hall–Kier alpha value is -0.860. The van der Waals surface area contributed by atoms with Gasteiger partial charge in [-0.25, -0.2) is 0 Å². The maximum absolute atomic E-state index is 10.1. The second kappa shape index (κ2) is 6.93. The molecule has 1 aliphatic rings. The third kappa shape index (κ3) is 4.08. The summed E-state index contributed by atoms with van der Waals surface area (Å²) in [6.45, 7) is 8.03. The summed E-state index contributed by atoms with van der Waals surface area (Å²) in [6.07, 6.45) is 4.09. The Morgan fingerprint density at radius 1 is 1.19 bits per heavy atom. The van der Waals surface area contributed by atoms with E-state index in [2.05, 4.69) is 63.1 Å². The zero-order valence-electron chi connectivity index (χ0n) is 14.0. The molecule has 0 aliphatic heterocycles. The van der Waals surface area contributed by atoms with Crippen LogP contribution < -0.4 is 0 Å². The van der Waals surface area contributed by atoms with E-state index in [9.17, 15) is 5.11 Å². The molecule has 0 radical (unpaired) electrons. The van der Waals surface area contributed by atoms with Crippen LogP contribution in [0.15, 0.2) is 30.3 Å². The summed E-state index contributed by atoms with van der Waals surface area (Å²) >= 11 is 0. The molecule has 1 aromatic carbocycles. The number of hydrogen-bond acceptors (Lipinski definition) is 2. The molecule has 1 fully saturated rings. The molecule has 2 rings (SSSR count). The third-order valence-electron chi connectivity index (χ3n) is 5.54. The predicted octanol–water partition coefficient (Wildman–Crippen LogP) is 4.08. The van der Waals surface area contributed by atoms with Crippen LogP contribution in [0.25, 0.3) is 0 Å². The van der Waals surface area contributed by atoms with Gasteiger partial charge in [-0.2, -0.15) is 0 Å².